The van der Waals surface area contributed by atoms with Crippen molar-refractivity contribution in [2.24, 2.45) is 0 Å². The molecule has 0 aliphatic rings. The quantitative estimate of drug-likeness (QED) is 0.555. The van der Waals surface area contributed by atoms with Gasteiger partial charge in [0.1, 0.15) is 10.8 Å². The van der Waals surface area contributed by atoms with Crippen molar-refractivity contribution >= 4 is 29.5 Å². The number of thioether (sulfide) groups is 1. The fourth-order valence-electron chi connectivity index (χ4n) is 1.80. The van der Waals surface area contributed by atoms with Crippen LogP contribution in [0.4, 0.5) is 5.82 Å². The molecular weight excluding hydrogens is 330 g/mol. The topological polar surface area (TPSA) is 101 Å². The van der Waals surface area contributed by atoms with E-state index in [2.05, 4.69) is 15.3 Å². The van der Waals surface area contributed by atoms with Gasteiger partial charge in [-0.25, -0.2) is 9.78 Å². The zero-order chi connectivity index (χ0) is 17.4. The van der Waals surface area contributed by atoms with Crippen molar-refractivity contribution in [3.63, 3.8) is 0 Å². The van der Waals surface area contributed by atoms with Gasteiger partial charge >= 0.3 is 11.9 Å². The molecule has 0 aliphatic heterocycles. The Hall–Kier alpha value is -2.61. The average molecular weight is 347 g/mol. The number of anilines is 1. The lowest BCUT2D eigenvalue weighted by Crippen LogP contribution is -2.07. The van der Waals surface area contributed by atoms with Crippen LogP contribution in [0.3, 0.4) is 0 Å². The van der Waals surface area contributed by atoms with E-state index in [0.717, 1.165) is 5.56 Å². The maximum Gasteiger partial charge on any atom is 0.335 e. The van der Waals surface area contributed by atoms with Gasteiger partial charge in [0.25, 0.3) is 0 Å². The summed E-state index contributed by atoms with van der Waals surface area (Å²) < 4.78 is 4.86. The Balaban J connectivity index is 1.89. The lowest BCUT2D eigenvalue weighted by Gasteiger charge is -2.07. The molecule has 0 saturated heterocycles. The molecule has 8 heteroatoms. The zero-order valence-electron chi connectivity index (χ0n) is 13.1. The smallest absolute Gasteiger partial charge is 0.335 e. The predicted octanol–water partition coefficient (Wildman–Crippen LogP) is 2.44. The molecule has 2 aromatic rings. The Labute approximate surface area is 143 Å². The van der Waals surface area contributed by atoms with E-state index < -0.39 is 5.97 Å². The maximum absolute atomic E-state index is 11.3. The number of hydrogen-bond acceptors (Lipinski definition) is 7. The monoisotopic (exact) mass is 347 g/mol. The van der Waals surface area contributed by atoms with Gasteiger partial charge in [0.2, 0.25) is 0 Å². The van der Waals surface area contributed by atoms with Gasteiger partial charge in [0.15, 0.2) is 0 Å². The van der Waals surface area contributed by atoms with Crippen molar-refractivity contribution < 1.29 is 19.4 Å². The predicted molar refractivity (Wildman–Crippen MR) is 90.1 cm³/mol. The van der Waals surface area contributed by atoms with Gasteiger partial charge in [-0.05, 0) is 24.6 Å². The Morgan fingerprint density at radius 2 is 2.00 bits per heavy atom. The van der Waals surface area contributed by atoms with E-state index in [1.165, 1.54) is 11.8 Å². The number of nitrogens with one attached hydrogen (secondary N) is 1. The fourth-order valence-corrected chi connectivity index (χ4v) is 2.44. The number of carbonyl (C=O) groups is 2. The molecule has 1 heterocycles. The third kappa shape index (κ3) is 5.54. The molecule has 0 spiro atoms. The summed E-state index contributed by atoms with van der Waals surface area (Å²) in [6.45, 7) is 2.60. The third-order valence-corrected chi connectivity index (χ3v) is 3.80. The van der Waals surface area contributed by atoms with Crippen LogP contribution in [0, 0.1) is 0 Å². The standard InChI is InChI=1S/C16H17N3O4S/c1-2-23-15(20)10-24-14-9-17-8-13(19-14)18-7-11-3-5-12(6-4-11)16(21)22/h3-6,8-9H,2,7,10H2,1H3,(H,18,19)(H,21,22). The summed E-state index contributed by atoms with van der Waals surface area (Å²) in [5.74, 6) is -0.484. The van der Waals surface area contributed by atoms with E-state index >= 15 is 0 Å². The molecule has 0 atom stereocenters. The summed E-state index contributed by atoms with van der Waals surface area (Å²) in [5, 5.41) is 12.6. The van der Waals surface area contributed by atoms with E-state index in [-0.39, 0.29) is 17.3 Å². The van der Waals surface area contributed by atoms with Crippen molar-refractivity contribution in [3.05, 3.63) is 47.8 Å². The fraction of sp³-hybridized carbons (Fsp3) is 0.250. The van der Waals surface area contributed by atoms with E-state index in [1.807, 2.05) is 0 Å². The molecule has 24 heavy (non-hydrogen) atoms. The first-order valence-corrected chi connectivity index (χ1v) is 8.23. The molecule has 2 N–H and O–H groups in total. The molecule has 0 bridgehead atoms. The summed E-state index contributed by atoms with van der Waals surface area (Å²) in [6, 6.07) is 6.58. The third-order valence-electron chi connectivity index (χ3n) is 2.93. The highest BCUT2D eigenvalue weighted by atomic mass is 32.2. The number of esters is 1. The second-order valence-corrected chi connectivity index (χ2v) is 5.69. The molecule has 0 aliphatic carbocycles. The zero-order valence-corrected chi connectivity index (χ0v) is 13.9. The molecule has 7 nitrogen and oxygen atoms in total. The molecule has 1 aromatic carbocycles. The Bertz CT molecular complexity index is 707. The average Bonchev–Trinajstić information content (AvgIpc) is 2.59. The minimum atomic E-state index is -0.952. The minimum absolute atomic E-state index is 0.183. The molecule has 2 rings (SSSR count). The van der Waals surface area contributed by atoms with Gasteiger partial charge in [-0.2, -0.15) is 0 Å². The molecule has 0 saturated carbocycles. The molecular formula is C16H17N3O4S. The van der Waals surface area contributed by atoms with Gasteiger partial charge in [0.05, 0.1) is 30.3 Å². The number of benzene rings is 1. The summed E-state index contributed by atoms with van der Waals surface area (Å²) in [7, 11) is 0. The molecule has 0 radical (unpaired) electrons. The second-order valence-electron chi connectivity index (χ2n) is 4.69. The van der Waals surface area contributed by atoms with Crippen LogP contribution in [0.1, 0.15) is 22.8 Å². The van der Waals surface area contributed by atoms with Gasteiger partial charge in [-0.15, -0.1) is 0 Å². The van der Waals surface area contributed by atoms with Crippen LogP contribution in [0.25, 0.3) is 0 Å². The summed E-state index contributed by atoms with van der Waals surface area (Å²) in [4.78, 5) is 30.6. The lowest BCUT2D eigenvalue weighted by atomic mass is 10.1. The Morgan fingerprint density at radius 3 is 2.67 bits per heavy atom. The second kappa shape index (κ2) is 8.88. The van der Waals surface area contributed by atoms with Crippen LogP contribution in [0.5, 0.6) is 0 Å². The number of hydrogen-bond donors (Lipinski definition) is 2. The Kier molecular flexibility index (Phi) is 6.56. The van der Waals surface area contributed by atoms with Gasteiger partial charge in [0, 0.05) is 6.54 Å². The first-order chi connectivity index (χ1) is 11.6. The molecule has 0 unspecified atom stereocenters. The van der Waals surface area contributed by atoms with E-state index in [1.54, 1.807) is 43.6 Å². The van der Waals surface area contributed by atoms with Crippen molar-refractivity contribution in [1.29, 1.82) is 0 Å². The van der Waals surface area contributed by atoms with E-state index in [0.29, 0.717) is 24.0 Å². The molecule has 0 amide bonds. The molecule has 1 aromatic heterocycles. The first kappa shape index (κ1) is 17.7. The number of carboxylic acids is 1. The van der Waals surface area contributed by atoms with E-state index in [9.17, 15) is 9.59 Å². The molecule has 126 valence electrons. The number of rotatable bonds is 8. The van der Waals surface area contributed by atoms with Crippen LogP contribution < -0.4 is 5.32 Å². The summed E-state index contributed by atoms with van der Waals surface area (Å²) in [5.41, 5.74) is 1.17. The highest BCUT2D eigenvalue weighted by molar-refractivity contribution is 7.99. The minimum Gasteiger partial charge on any atom is -0.478 e. The van der Waals surface area contributed by atoms with Crippen LogP contribution >= 0.6 is 11.8 Å². The van der Waals surface area contributed by atoms with Gasteiger partial charge < -0.3 is 15.2 Å². The summed E-state index contributed by atoms with van der Waals surface area (Å²) in [6.07, 6.45) is 3.16. The van der Waals surface area contributed by atoms with Gasteiger partial charge in [-0.1, -0.05) is 23.9 Å². The highest BCUT2D eigenvalue weighted by Crippen LogP contribution is 2.16. The van der Waals surface area contributed by atoms with Crippen LogP contribution in [-0.2, 0) is 16.1 Å². The largest absolute Gasteiger partial charge is 0.478 e. The molecule has 0 fully saturated rings. The van der Waals surface area contributed by atoms with Crippen molar-refractivity contribution in [1.82, 2.24) is 9.97 Å². The van der Waals surface area contributed by atoms with Crippen LogP contribution in [0.2, 0.25) is 0 Å². The number of ether oxygens (including phenoxy) is 1. The lowest BCUT2D eigenvalue weighted by molar-refractivity contribution is -0.139. The van der Waals surface area contributed by atoms with Crippen molar-refractivity contribution in [2.75, 3.05) is 17.7 Å². The number of aromatic carboxylic acids is 1. The number of aromatic nitrogens is 2. The number of nitrogens with zero attached hydrogens (tertiary/aromatic N) is 2. The summed E-state index contributed by atoms with van der Waals surface area (Å²) >= 11 is 1.26. The first-order valence-electron chi connectivity index (χ1n) is 7.25. The number of carboxylic acid groups (broad SMARTS) is 1. The van der Waals surface area contributed by atoms with Crippen LogP contribution in [-0.4, -0.2) is 39.4 Å². The van der Waals surface area contributed by atoms with E-state index in [4.69, 9.17) is 9.84 Å². The highest BCUT2D eigenvalue weighted by Gasteiger charge is 2.06. The Morgan fingerprint density at radius 1 is 1.25 bits per heavy atom. The van der Waals surface area contributed by atoms with Crippen molar-refractivity contribution in [3.8, 4) is 0 Å². The van der Waals surface area contributed by atoms with Crippen LogP contribution in [0.15, 0.2) is 41.7 Å². The maximum atomic E-state index is 11.3. The van der Waals surface area contributed by atoms with Gasteiger partial charge in [-0.3, -0.25) is 9.78 Å². The van der Waals surface area contributed by atoms with Crippen molar-refractivity contribution in [2.45, 2.75) is 18.5 Å². The normalized spacial score (nSPS) is 10.2. The SMILES string of the molecule is CCOC(=O)CSc1cncc(NCc2ccc(C(=O)O)cc2)n1. The number of carbonyl (C=O) groups excluding carboxylic acids is 1.